The van der Waals surface area contributed by atoms with Crippen molar-refractivity contribution in [2.75, 3.05) is 6.54 Å². The fourth-order valence-corrected chi connectivity index (χ4v) is 3.47. The van der Waals surface area contributed by atoms with Gasteiger partial charge in [0.15, 0.2) is 0 Å². The maximum atomic E-state index is 3.69. The Labute approximate surface area is 101 Å². The van der Waals surface area contributed by atoms with Crippen molar-refractivity contribution in [2.45, 2.75) is 71.3 Å². The zero-order valence-electron chi connectivity index (χ0n) is 11.4. The first-order valence-electron chi connectivity index (χ1n) is 7.31. The molecular formula is C15H29N. The van der Waals surface area contributed by atoms with Crippen LogP contribution in [0.15, 0.2) is 0 Å². The van der Waals surface area contributed by atoms with E-state index in [0.29, 0.717) is 5.54 Å². The number of nitrogens with one attached hydrogen (secondary N) is 1. The van der Waals surface area contributed by atoms with Crippen molar-refractivity contribution in [3.05, 3.63) is 0 Å². The van der Waals surface area contributed by atoms with E-state index in [1.807, 2.05) is 0 Å². The molecule has 0 bridgehead atoms. The lowest BCUT2D eigenvalue weighted by atomic mass is 9.63. The molecule has 0 aromatic carbocycles. The third-order valence-electron chi connectivity index (χ3n) is 4.63. The van der Waals surface area contributed by atoms with Crippen molar-refractivity contribution in [3.63, 3.8) is 0 Å². The monoisotopic (exact) mass is 223 g/mol. The molecule has 0 aliphatic heterocycles. The Balaban J connectivity index is 1.74. The highest BCUT2D eigenvalue weighted by Crippen LogP contribution is 2.45. The number of hydrogen-bond donors (Lipinski definition) is 1. The van der Waals surface area contributed by atoms with Crippen molar-refractivity contribution in [1.82, 2.24) is 5.32 Å². The van der Waals surface area contributed by atoms with Gasteiger partial charge in [-0.25, -0.2) is 0 Å². The molecule has 0 radical (unpaired) electrons. The molecule has 0 amide bonds. The molecule has 2 atom stereocenters. The summed E-state index contributed by atoms with van der Waals surface area (Å²) < 4.78 is 0. The van der Waals surface area contributed by atoms with E-state index < -0.39 is 0 Å². The van der Waals surface area contributed by atoms with Crippen molar-refractivity contribution in [1.29, 1.82) is 0 Å². The van der Waals surface area contributed by atoms with Crippen LogP contribution in [0, 0.1) is 17.8 Å². The zero-order chi connectivity index (χ0) is 11.6. The average Bonchev–Trinajstić information content (AvgIpc) is 2.16. The van der Waals surface area contributed by atoms with E-state index in [1.54, 1.807) is 0 Å². The van der Waals surface area contributed by atoms with Crippen LogP contribution in [0.2, 0.25) is 0 Å². The van der Waals surface area contributed by atoms with Gasteiger partial charge in [-0.15, -0.1) is 0 Å². The summed E-state index contributed by atoms with van der Waals surface area (Å²) in [6.45, 7) is 8.09. The van der Waals surface area contributed by atoms with Crippen molar-refractivity contribution >= 4 is 0 Å². The normalized spacial score (nSPS) is 32.4. The van der Waals surface area contributed by atoms with E-state index in [2.05, 4.69) is 26.1 Å². The van der Waals surface area contributed by atoms with Gasteiger partial charge >= 0.3 is 0 Å². The van der Waals surface area contributed by atoms with Crippen LogP contribution >= 0.6 is 0 Å². The lowest BCUT2D eigenvalue weighted by Gasteiger charge is -2.44. The van der Waals surface area contributed by atoms with Gasteiger partial charge in [0.2, 0.25) is 0 Å². The molecule has 2 unspecified atom stereocenters. The summed E-state index contributed by atoms with van der Waals surface area (Å²) >= 11 is 0. The van der Waals surface area contributed by atoms with Crippen LogP contribution in [0.25, 0.3) is 0 Å². The second-order valence-corrected chi connectivity index (χ2v) is 7.03. The molecule has 2 saturated carbocycles. The Morgan fingerprint density at radius 3 is 2.12 bits per heavy atom. The highest BCUT2D eigenvalue weighted by molar-refractivity contribution is 4.89. The molecule has 16 heavy (non-hydrogen) atoms. The lowest BCUT2D eigenvalue weighted by molar-refractivity contribution is 0.0739. The third kappa shape index (κ3) is 3.23. The first kappa shape index (κ1) is 12.4. The summed E-state index contributed by atoms with van der Waals surface area (Å²) in [4.78, 5) is 0. The standard InChI is InChI=1S/C15H29N/c1-15(2,3)16-11-13-9-10-14(13)12-7-5-4-6-8-12/h12-14,16H,4-11H2,1-3H3. The molecule has 1 nitrogen and oxygen atoms in total. The van der Waals surface area contributed by atoms with Crippen molar-refractivity contribution in [3.8, 4) is 0 Å². The molecule has 2 rings (SSSR count). The van der Waals surface area contributed by atoms with E-state index in [9.17, 15) is 0 Å². The van der Waals surface area contributed by atoms with Crippen LogP contribution in [-0.4, -0.2) is 12.1 Å². The Kier molecular flexibility index (Phi) is 3.94. The predicted molar refractivity (Wildman–Crippen MR) is 70.5 cm³/mol. The Morgan fingerprint density at radius 1 is 0.938 bits per heavy atom. The fourth-order valence-electron chi connectivity index (χ4n) is 3.47. The van der Waals surface area contributed by atoms with E-state index in [-0.39, 0.29) is 0 Å². The molecule has 0 saturated heterocycles. The van der Waals surface area contributed by atoms with E-state index >= 15 is 0 Å². The zero-order valence-corrected chi connectivity index (χ0v) is 11.4. The van der Waals surface area contributed by atoms with Gasteiger partial charge in [-0.3, -0.25) is 0 Å². The molecule has 2 aliphatic rings. The van der Waals surface area contributed by atoms with Gasteiger partial charge < -0.3 is 5.32 Å². The van der Waals surface area contributed by atoms with E-state index in [4.69, 9.17) is 0 Å². The highest BCUT2D eigenvalue weighted by atomic mass is 14.9. The first-order chi connectivity index (χ1) is 7.56. The molecule has 1 heteroatoms. The Morgan fingerprint density at radius 2 is 1.62 bits per heavy atom. The minimum absolute atomic E-state index is 0.298. The summed E-state index contributed by atoms with van der Waals surface area (Å²) in [6.07, 6.45) is 10.5. The quantitative estimate of drug-likeness (QED) is 0.763. The van der Waals surface area contributed by atoms with Crippen LogP contribution in [0.1, 0.15) is 65.7 Å². The molecule has 2 aliphatic carbocycles. The largest absolute Gasteiger partial charge is 0.312 e. The minimum atomic E-state index is 0.298. The summed E-state index contributed by atoms with van der Waals surface area (Å²) in [6, 6.07) is 0. The third-order valence-corrected chi connectivity index (χ3v) is 4.63. The van der Waals surface area contributed by atoms with Crippen LogP contribution < -0.4 is 5.32 Å². The fraction of sp³-hybridized carbons (Fsp3) is 1.00. The SMILES string of the molecule is CC(C)(C)NCC1CCC1C1CCCCC1. The Bertz CT molecular complexity index is 210. The molecule has 0 aromatic heterocycles. The second-order valence-electron chi connectivity index (χ2n) is 7.03. The van der Waals surface area contributed by atoms with Crippen molar-refractivity contribution in [2.24, 2.45) is 17.8 Å². The molecule has 0 aromatic rings. The molecular weight excluding hydrogens is 194 g/mol. The van der Waals surface area contributed by atoms with Gasteiger partial charge in [0.05, 0.1) is 0 Å². The van der Waals surface area contributed by atoms with Crippen molar-refractivity contribution < 1.29 is 0 Å². The smallest absolute Gasteiger partial charge is 0.00966 e. The molecule has 94 valence electrons. The summed E-state index contributed by atoms with van der Waals surface area (Å²) in [5.74, 6) is 3.13. The summed E-state index contributed by atoms with van der Waals surface area (Å²) in [5, 5.41) is 3.69. The molecule has 2 fully saturated rings. The average molecular weight is 223 g/mol. The lowest BCUT2D eigenvalue weighted by Crippen LogP contribution is -2.45. The topological polar surface area (TPSA) is 12.0 Å². The number of rotatable bonds is 3. The van der Waals surface area contributed by atoms with Gasteiger partial charge in [0.25, 0.3) is 0 Å². The highest BCUT2D eigenvalue weighted by Gasteiger charge is 2.37. The van der Waals surface area contributed by atoms with Gasteiger partial charge in [0, 0.05) is 5.54 Å². The van der Waals surface area contributed by atoms with Gasteiger partial charge in [-0.2, -0.15) is 0 Å². The Hall–Kier alpha value is -0.0400. The summed E-state index contributed by atoms with van der Waals surface area (Å²) in [7, 11) is 0. The predicted octanol–water partition coefficient (Wildman–Crippen LogP) is 3.98. The molecule has 0 spiro atoms. The summed E-state index contributed by atoms with van der Waals surface area (Å²) in [5.41, 5.74) is 0.298. The van der Waals surface area contributed by atoms with Crippen LogP contribution in [0.5, 0.6) is 0 Å². The number of hydrogen-bond acceptors (Lipinski definition) is 1. The van der Waals surface area contributed by atoms with Gasteiger partial charge in [0.1, 0.15) is 0 Å². The van der Waals surface area contributed by atoms with E-state index in [0.717, 1.165) is 17.8 Å². The first-order valence-corrected chi connectivity index (χ1v) is 7.31. The van der Waals surface area contributed by atoms with Crippen LogP contribution in [0.4, 0.5) is 0 Å². The molecule has 0 heterocycles. The second kappa shape index (κ2) is 5.08. The maximum Gasteiger partial charge on any atom is 0.00966 e. The van der Waals surface area contributed by atoms with Gasteiger partial charge in [-0.1, -0.05) is 32.1 Å². The van der Waals surface area contributed by atoms with Crippen LogP contribution in [-0.2, 0) is 0 Å². The molecule has 1 N–H and O–H groups in total. The minimum Gasteiger partial charge on any atom is -0.312 e. The maximum absolute atomic E-state index is 3.69. The van der Waals surface area contributed by atoms with Gasteiger partial charge in [-0.05, 0) is 57.9 Å². The van der Waals surface area contributed by atoms with E-state index in [1.165, 1.54) is 51.5 Å². The van der Waals surface area contributed by atoms with Crippen LogP contribution in [0.3, 0.4) is 0 Å².